The first-order valence-corrected chi connectivity index (χ1v) is 4.78. The summed E-state index contributed by atoms with van der Waals surface area (Å²) in [5.41, 5.74) is 0. The lowest BCUT2D eigenvalue weighted by atomic mass is 10.4. The van der Waals surface area contributed by atoms with Crippen LogP contribution in [0.5, 0.6) is 0 Å². The Kier molecular flexibility index (Phi) is 4.86. The van der Waals surface area contributed by atoms with Crippen molar-refractivity contribution in [3.63, 3.8) is 0 Å². The molecule has 0 aliphatic heterocycles. The molecule has 0 rings (SSSR count). The van der Waals surface area contributed by atoms with Crippen molar-refractivity contribution in [1.29, 1.82) is 0 Å². The molecule has 14 heavy (non-hydrogen) atoms. The van der Waals surface area contributed by atoms with E-state index in [2.05, 4.69) is 13.2 Å². The minimum absolute atomic E-state index is 0.270. The molecule has 0 spiro atoms. The minimum Gasteiger partial charge on any atom is -0.509 e. The summed E-state index contributed by atoms with van der Waals surface area (Å²) in [5.74, 6) is -1.08. The highest BCUT2D eigenvalue weighted by Crippen LogP contribution is 2.08. The predicted octanol–water partition coefficient (Wildman–Crippen LogP) is 0.800. The van der Waals surface area contributed by atoms with E-state index in [9.17, 15) is 9.59 Å². The molecule has 0 saturated carbocycles. The fourth-order valence-electron chi connectivity index (χ4n) is 0.529. The standard InChI is InChI=1S/C9H12O4Si/c1-5-7(10)12-9(3,4)14-13-8(11)6-2/h5-6H,1-2H2,3-4H3. The summed E-state index contributed by atoms with van der Waals surface area (Å²) in [5, 5.41) is -0.829. The van der Waals surface area contributed by atoms with Crippen molar-refractivity contribution in [3.8, 4) is 0 Å². The van der Waals surface area contributed by atoms with E-state index in [4.69, 9.17) is 9.16 Å². The molecular weight excluding hydrogens is 200 g/mol. The Labute approximate surface area is 85.5 Å². The molecule has 0 aromatic carbocycles. The molecule has 0 aliphatic rings. The first kappa shape index (κ1) is 12.6. The Bertz CT molecular complexity index is 258. The smallest absolute Gasteiger partial charge is 0.364 e. The van der Waals surface area contributed by atoms with Crippen LogP contribution < -0.4 is 0 Å². The van der Waals surface area contributed by atoms with E-state index in [0.29, 0.717) is 0 Å². The lowest BCUT2D eigenvalue weighted by Gasteiger charge is -2.21. The van der Waals surface area contributed by atoms with Crippen molar-refractivity contribution >= 4 is 21.7 Å². The van der Waals surface area contributed by atoms with Crippen LogP contribution in [-0.2, 0) is 18.8 Å². The molecule has 0 aromatic heterocycles. The van der Waals surface area contributed by atoms with Gasteiger partial charge in [-0.15, -0.1) is 0 Å². The van der Waals surface area contributed by atoms with Gasteiger partial charge in [-0.1, -0.05) is 13.2 Å². The number of esters is 1. The summed E-state index contributed by atoms with van der Waals surface area (Å²) >= 11 is 0. The van der Waals surface area contributed by atoms with E-state index in [1.54, 1.807) is 13.8 Å². The molecule has 0 unspecified atom stereocenters. The molecule has 0 fully saturated rings. The van der Waals surface area contributed by atoms with Gasteiger partial charge in [0.2, 0.25) is 0 Å². The molecule has 0 aliphatic carbocycles. The maximum absolute atomic E-state index is 10.8. The first-order chi connectivity index (χ1) is 6.41. The third-order valence-corrected chi connectivity index (χ3v) is 1.98. The van der Waals surface area contributed by atoms with Crippen molar-refractivity contribution in [2.45, 2.75) is 19.1 Å². The van der Waals surface area contributed by atoms with Crippen LogP contribution >= 0.6 is 0 Å². The Morgan fingerprint density at radius 2 is 1.71 bits per heavy atom. The highest BCUT2D eigenvalue weighted by Gasteiger charge is 2.26. The van der Waals surface area contributed by atoms with Crippen LogP contribution in [0, 0.1) is 0 Å². The lowest BCUT2D eigenvalue weighted by Crippen LogP contribution is -2.36. The van der Waals surface area contributed by atoms with Crippen LogP contribution in [-0.4, -0.2) is 26.9 Å². The van der Waals surface area contributed by atoms with E-state index >= 15 is 0 Å². The molecule has 0 amide bonds. The molecule has 2 radical (unpaired) electrons. The summed E-state index contributed by atoms with van der Waals surface area (Å²) in [6.45, 7) is 9.79. The molecule has 4 nitrogen and oxygen atoms in total. The van der Waals surface area contributed by atoms with Crippen molar-refractivity contribution in [1.82, 2.24) is 0 Å². The molecule has 0 heterocycles. The number of carbonyl (C=O) groups is 2. The molecule has 0 N–H and O–H groups in total. The van der Waals surface area contributed by atoms with Gasteiger partial charge in [-0.05, 0) is 13.8 Å². The first-order valence-electron chi connectivity index (χ1n) is 3.87. The van der Waals surface area contributed by atoms with Crippen LogP contribution in [0.3, 0.4) is 0 Å². The van der Waals surface area contributed by atoms with Gasteiger partial charge < -0.3 is 9.16 Å². The van der Waals surface area contributed by atoms with Crippen LogP contribution in [0.15, 0.2) is 25.3 Å². The van der Waals surface area contributed by atoms with Gasteiger partial charge in [0, 0.05) is 12.2 Å². The number of ether oxygens (including phenoxy) is 1. The highest BCUT2D eigenvalue weighted by atomic mass is 28.2. The van der Waals surface area contributed by atoms with Gasteiger partial charge in [0.05, 0.1) is 0 Å². The highest BCUT2D eigenvalue weighted by molar-refractivity contribution is 6.35. The Morgan fingerprint density at radius 1 is 1.21 bits per heavy atom. The van der Waals surface area contributed by atoms with E-state index < -0.39 is 17.2 Å². The Morgan fingerprint density at radius 3 is 2.14 bits per heavy atom. The predicted molar refractivity (Wildman–Crippen MR) is 52.4 cm³/mol. The van der Waals surface area contributed by atoms with Crippen molar-refractivity contribution in [2.24, 2.45) is 0 Å². The van der Waals surface area contributed by atoms with Crippen LogP contribution in [0.4, 0.5) is 0 Å². The summed E-state index contributed by atoms with van der Waals surface area (Å²) in [6.07, 6.45) is 2.11. The molecule has 5 heteroatoms. The van der Waals surface area contributed by atoms with Gasteiger partial charge in [-0.3, -0.25) is 0 Å². The number of hydrogen-bond acceptors (Lipinski definition) is 4. The van der Waals surface area contributed by atoms with E-state index in [1.807, 2.05) is 0 Å². The fourth-order valence-corrected chi connectivity index (χ4v) is 1.10. The lowest BCUT2D eigenvalue weighted by molar-refractivity contribution is -0.145. The molecule has 0 saturated heterocycles. The fraction of sp³-hybridized carbons (Fsp3) is 0.333. The van der Waals surface area contributed by atoms with E-state index in [-0.39, 0.29) is 9.76 Å². The zero-order chi connectivity index (χ0) is 11.2. The third kappa shape index (κ3) is 5.31. The maximum atomic E-state index is 10.8. The van der Waals surface area contributed by atoms with Gasteiger partial charge in [-0.25, -0.2) is 9.59 Å². The largest absolute Gasteiger partial charge is 0.509 e. The second-order valence-electron chi connectivity index (χ2n) is 2.86. The SMILES string of the molecule is C=CC(=O)O[Si]C(C)(C)OC(=O)C=C. The molecule has 76 valence electrons. The topological polar surface area (TPSA) is 52.6 Å². The van der Waals surface area contributed by atoms with Crippen molar-refractivity contribution in [3.05, 3.63) is 25.3 Å². The quantitative estimate of drug-likeness (QED) is 0.384. The number of hydrogen-bond donors (Lipinski definition) is 0. The Hall–Kier alpha value is -1.36. The zero-order valence-corrected chi connectivity index (χ0v) is 9.20. The maximum Gasteiger partial charge on any atom is 0.364 e. The summed E-state index contributed by atoms with van der Waals surface area (Å²) in [4.78, 5) is 21.6. The second-order valence-corrected chi connectivity index (χ2v) is 4.48. The summed E-state index contributed by atoms with van der Waals surface area (Å²) < 4.78 is 9.69. The van der Waals surface area contributed by atoms with Gasteiger partial charge in [-0.2, -0.15) is 0 Å². The van der Waals surface area contributed by atoms with Gasteiger partial charge in [0.1, 0.15) is 5.22 Å². The number of rotatable bonds is 5. The van der Waals surface area contributed by atoms with Crippen molar-refractivity contribution in [2.75, 3.05) is 0 Å². The van der Waals surface area contributed by atoms with Gasteiger partial charge >= 0.3 is 21.7 Å². The van der Waals surface area contributed by atoms with Crippen LogP contribution in [0.2, 0.25) is 0 Å². The minimum atomic E-state index is -0.829. The van der Waals surface area contributed by atoms with Crippen LogP contribution in [0.1, 0.15) is 13.8 Å². The second kappa shape index (κ2) is 5.38. The monoisotopic (exact) mass is 212 g/mol. The number of carbonyl (C=O) groups excluding carboxylic acids is 2. The van der Waals surface area contributed by atoms with E-state index in [0.717, 1.165) is 12.2 Å². The average Bonchev–Trinajstić information content (AvgIpc) is 2.13. The normalized spacial score (nSPS) is 10.1. The van der Waals surface area contributed by atoms with E-state index in [1.165, 1.54) is 0 Å². The third-order valence-electron chi connectivity index (χ3n) is 1.09. The van der Waals surface area contributed by atoms with Gasteiger partial charge in [0.15, 0.2) is 0 Å². The molecule has 0 atom stereocenters. The summed E-state index contributed by atoms with van der Waals surface area (Å²) in [6, 6.07) is 0. The molecule has 0 bridgehead atoms. The summed E-state index contributed by atoms with van der Waals surface area (Å²) in [7, 11) is -0.270. The Balaban J connectivity index is 4.06. The molecular formula is C9H12O4Si. The van der Waals surface area contributed by atoms with Gasteiger partial charge in [0.25, 0.3) is 0 Å². The average molecular weight is 212 g/mol. The zero-order valence-electron chi connectivity index (χ0n) is 8.20. The van der Waals surface area contributed by atoms with Crippen LogP contribution in [0.25, 0.3) is 0 Å². The van der Waals surface area contributed by atoms with Crippen molar-refractivity contribution < 1.29 is 18.8 Å². The molecule has 0 aromatic rings.